The summed E-state index contributed by atoms with van der Waals surface area (Å²) in [7, 11) is 4.12. The number of carbonyl (C=O) groups excluding carboxylic acids is 1. The normalized spacial score (nSPS) is 16.7. The molecule has 0 bridgehead atoms. The molecular weight excluding hydrogens is 257 g/mol. The third kappa shape index (κ3) is 3.28. The van der Waals surface area contributed by atoms with E-state index < -0.39 is 5.82 Å². The number of amides is 1. The highest BCUT2D eigenvalue weighted by Gasteiger charge is 2.25. The first-order valence-corrected chi connectivity index (χ1v) is 6.97. The molecule has 0 unspecified atom stereocenters. The number of likely N-dealkylation sites (tertiary alicyclic amines) is 1. The molecule has 1 amide bonds. The number of carbonyl (C=O) groups is 1. The predicted octanol–water partition coefficient (Wildman–Crippen LogP) is 1.82. The number of rotatable bonds is 3. The SMILES string of the molecule is CN(C)CC1CCN(C(=O)c2cccc(F)c2N)CC1. The second-order valence-electron chi connectivity index (χ2n) is 5.70. The van der Waals surface area contributed by atoms with Crippen LogP contribution in [0.25, 0.3) is 0 Å². The van der Waals surface area contributed by atoms with Crippen LogP contribution < -0.4 is 5.73 Å². The van der Waals surface area contributed by atoms with Gasteiger partial charge in [0, 0.05) is 19.6 Å². The summed E-state index contributed by atoms with van der Waals surface area (Å²) in [5.74, 6) is -0.0671. The first kappa shape index (κ1) is 14.8. The number of benzene rings is 1. The average molecular weight is 279 g/mol. The largest absolute Gasteiger partial charge is 0.396 e. The van der Waals surface area contributed by atoms with Crippen molar-refractivity contribution in [2.45, 2.75) is 12.8 Å². The van der Waals surface area contributed by atoms with Gasteiger partial charge in [-0.2, -0.15) is 0 Å². The van der Waals surface area contributed by atoms with Crippen LogP contribution >= 0.6 is 0 Å². The third-order valence-corrected chi connectivity index (χ3v) is 3.81. The molecule has 0 atom stereocenters. The quantitative estimate of drug-likeness (QED) is 0.859. The number of halogens is 1. The van der Waals surface area contributed by atoms with Gasteiger partial charge in [-0.1, -0.05) is 6.07 Å². The predicted molar refractivity (Wildman–Crippen MR) is 78.0 cm³/mol. The van der Waals surface area contributed by atoms with Gasteiger partial charge in [-0.25, -0.2) is 4.39 Å². The van der Waals surface area contributed by atoms with Crippen molar-refractivity contribution in [2.75, 3.05) is 39.5 Å². The highest BCUT2D eigenvalue weighted by atomic mass is 19.1. The van der Waals surface area contributed by atoms with Crippen LogP contribution in [0.15, 0.2) is 18.2 Å². The molecule has 1 heterocycles. The van der Waals surface area contributed by atoms with E-state index in [0.717, 1.165) is 19.4 Å². The van der Waals surface area contributed by atoms with Crippen LogP contribution in [0.2, 0.25) is 0 Å². The Morgan fingerprint density at radius 2 is 2.05 bits per heavy atom. The number of hydrogen-bond donors (Lipinski definition) is 1. The Labute approximate surface area is 119 Å². The fraction of sp³-hybridized carbons (Fsp3) is 0.533. The van der Waals surface area contributed by atoms with Crippen molar-refractivity contribution >= 4 is 11.6 Å². The number of hydrogen-bond acceptors (Lipinski definition) is 3. The van der Waals surface area contributed by atoms with Gasteiger partial charge >= 0.3 is 0 Å². The van der Waals surface area contributed by atoms with Gasteiger partial charge in [0.15, 0.2) is 0 Å². The van der Waals surface area contributed by atoms with Crippen molar-refractivity contribution in [3.8, 4) is 0 Å². The summed E-state index contributed by atoms with van der Waals surface area (Å²) < 4.78 is 13.4. The number of piperidine rings is 1. The van der Waals surface area contributed by atoms with Crippen molar-refractivity contribution in [2.24, 2.45) is 5.92 Å². The van der Waals surface area contributed by atoms with Gasteiger partial charge in [-0.3, -0.25) is 4.79 Å². The standard InChI is InChI=1S/C15H22FN3O/c1-18(2)10-11-6-8-19(9-7-11)15(20)12-4-3-5-13(16)14(12)17/h3-5,11H,6-10,17H2,1-2H3. The van der Waals surface area contributed by atoms with Crippen LogP contribution in [0.4, 0.5) is 10.1 Å². The van der Waals surface area contributed by atoms with Crippen molar-refractivity contribution < 1.29 is 9.18 Å². The summed E-state index contributed by atoms with van der Waals surface area (Å²) >= 11 is 0. The molecule has 0 spiro atoms. The average Bonchev–Trinajstić information content (AvgIpc) is 2.41. The number of nitrogens with zero attached hydrogens (tertiary/aromatic N) is 2. The summed E-state index contributed by atoms with van der Waals surface area (Å²) in [5.41, 5.74) is 5.88. The Morgan fingerprint density at radius 1 is 1.40 bits per heavy atom. The van der Waals surface area contributed by atoms with Gasteiger partial charge in [-0.15, -0.1) is 0 Å². The minimum absolute atomic E-state index is 0.0482. The van der Waals surface area contributed by atoms with E-state index in [9.17, 15) is 9.18 Å². The molecule has 1 aliphatic heterocycles. The number of nitrogen functional groups attached to an aromatic ring is 1. The highest BCUT2D eigenvalue weighted by Crippen LogP contribution is 2.22. The number of nitrogens with two attached hydrogens (primary N) is 1. The zero-order valence-electron chi connectivity index (χ0n) is 12.1. The molecule has 2 rings (SSSR count). The van der Waals surface area contributed by atoms with Crippen molar-refractivity contribution in [3.63, 3.8) is 0 Å². The molecular formula is C15H22FN3O. The fourth-order valence-corrected chi connectivity index (χ4v) is 2.73. The summed E-state index contributed by atoms with van der Waals surface area (Å²) in [6.45, 7) is 2.48. The van der Waals surface area contributed by atoms with Crippen LogP contribution in [-0.4, -0.2) is 49.4 Å². The van der Waals surface area contributed by atoms with Gasteiger partial charge < -0.3 is 15.5 Å². The Morgan fingerprint density at radius 3 is 2.65 bits per heavy atom. The second-order valence-corrected chi connectivity index (χ2v) is 5.70. The van der Waals surface area contributed by atoms with E-state index in [2.05, 4.69) is 19.0 Å². The lowest BCUT2D eigenvalue weighted by Gasteiger charge is -2.33. The maximum absolute atomic E-state index is 13.4. The first-order chi connectivity index (χ1) is 9.49. The van der Waals surface area contributed by atoms with Gasteiger partial charge in [0.2, 0.25) is 0 Å². The summed E-state index contributed by atoms with van der Waals surface area (Å²) in [6, 6.07) is 4.39. The minimum atomic E-state index is -0.529. The van der Waals surface area contributed by atoms with Gasteiger partial charge in [0.05, 0.1) is 11.3 Å². The van der Waals surface area contributed by atoms with E-state index in [0.29, 0.717) is 19.0 Å². The molecule has 0 radical (unpaired) electrons. The van der Waals surface area contributed by atoms with E-state index >= 15 is 0 Å². The second kappa shape index (κ2) is 6.22. The first-order valence-electron chi connectivity index (χ1n) is 6.97. The molecule has 1 aliphatic rings. The van der Waals surface area contributed by atoms with Crippen molar-refractivity contribution in [3.05, 3.63) is 29.6 Å². The van der Waals surface area contributed by atoms with E-state index in [4.69, 9.17) is 5.73 Å². The summed E-state index contributed by atoms with van der Waals surface area (Å²) in [4.78, 5) is 16.3. The van der Waals surface area contributed by atoms with Crippen molar-refractivity contribution in [1.29, 1.82) is 0 Å². The topological polar surface area (TPSA) is 49.6 Å². The summed E-state index contributed by atoms with van der Waals surface area (Å²) in [6.07, 6.45) is 1.97. The monoisotopic (exact) mass is 279 g/mol. The molecule has 0 aliphatic carbocycles. The summed E-state index contributed by atoms with van der Waals surface area (Å²) in [5, 5.41) is 0. The zero-order valence-corrected chi connectivity index (χ0v) is 12.1. The highest BCUT2D eigenvalue weighted by molar-refractivity contribution is 5.99. The van der Waals surface area contributed by atoms with E-state index in [-0.39, 0.29) is 17.2 Å². The molecule has 20 heavy (non-hydrogen) atoms. The Hall–Kier alpha value is -1.62. The van der Waals surface area contributed by atoms with Gasteiger partial charge in [-0.05, 0) is 45.0 Å². The molecule has 1 fully saturated rings. The van der Waals surface area contributed by atoms with Crippen LogP contribution in [0.3, 0.4) is 0 Å². The lowest BCUT2D eigenvalue weighted by Crippen LogP contribution is -2.40. The molecule has 0 saturated carbocycles. The molecule has 1 aromatic rings. The molecule has 2 N–H and O–H groups in total. The smallest absolute Gasteiger partial charge is 0.256 e. The van der Waals surface area contributed by atoms with Gasteiger partial charge in [0.1, 0.15) is 5.82 Å². The Balaban J connectivity index is 2.00. The third-order valence-electron chi connectivity index (χ3n) is 3.81. The number of anilines is 1. The zero-order chi connectivity index (χ0) is 14.7. The van der Waals surface area contributed by atoms with Crippen LogP contribution in [0.1, 0.15) is 23.2 Å². The van der Waals surface area contributed by atoms with E-state index in [1.165, 1.54) is 12.1 Å². The maximum Gasteiger partial charge on any atom is 0.256 e. The number of para-hydroxylation sites is 1. The molecule has 5 heteroatoms. The Kier molecular flexibility index (Phi) is 4.60. The maximum atomic E-state index is 13.4. The molecule has 0 aromatic heterocycles. The Bertz CT molecular complexity index is 482. The lowest BCUT2D eigenvalue weighted by atomic mass is 9.96. The fourth-order valence-electron chi connectivity index (χ4n) is 2.73. The van der Waals surface area contributed by atoms with Gasteiger partial charge in [0.25, 0.3) is 5.91 Å². The lowest BCUT2D eigenvalue weighted by molar-refractivity contribution is 0.0678. The van der Waals surface area contributed by atoms with Crippen LogP contribution in [-0.2, 0) is 0 Å². The molecule has 1 aromatic carbocycles. The van der Waals surface area contributed by atoms with Crippen molar-refractivity contribution in [1.82, 2.24) is 9.80 Å². The van der Waals surface area contributed by atoms with Crippen LogP contribution in [0.5, 0.6) is 0 Å². The van der Waals surface area contributed by atoms with Crippen LogP contribution in [0, 0.1) is 11.7 Å². The van der Waals surface area contributed by atoms with E-state index in [1.54, 1.807) is 11.0 Å². The molecule has 110 valence electrons. The molecule has 1 saturated heterocycles. The minimum Gasteiger partial charge on any atom is -0.396 e. The van der Waals surface area contributed by atoms with E-state index in [1.807, 2.05) is 0 Å². The molecule has 4 nitrogen and oxygen atoms in total.